The van der Waals surface area contributed by atoms with Crippen molar-refractivity contribution in [1.82, 2.24) is 4.90 Å². The normalized spacial score (nSPS) is 16.1. The summed E-state index contributed by atoms with van der Waals surface area (Å²) in [6.07, 6.45) is 2.65. The van der Waals surface area contributed by atoms with Crippen molar-refractivity contribution in [2.75, 3.05) is 26.2 Å². The quantitative estimate of drug-likeness (QED) is 0.557. The van der Waals surface area contributed by atoms with Gasteiger partial charge in [0.15, 0.2) is 11.5 Å². The van der Waals surface area contributed by atoms with Gasteiger partial charge in [-0.25, -0.2) is 0 Å². The summed E-state index contributed by atoms with van der Waals surface area (Å²) in [4.78, 5) is 14.1. The highest BCUT2D eigenvalue weighted by Gasteiger charge is 2.24. The maximum atomic E-state index is 12.3. The molecule has 6 nitrogen and oxygen atoms in total. The molecule has 0 spiro atoms. The highest BCUT2D eigenvalue weighted by molar-refractivity contribution is 5.95. The molecule has 6 heteroatoms. The lowest BCUT2D eigenvalue weighted by molar-refractivity contribution is 0.00843. The zero-order valence-electron chi connectivity index (χ0n) is 12.0. The van der Waals surface area contributed by atoms with Crippen LogP contribution in [0, 0.1) is 0 Å². The van der Waals surface area contributed by atoms with Crippen LogP contribution in [0.3, 0.4) is 0 Å². The number of benzene rings is 1. The number of phenols is 2. The van der Waals surface area contributed by atoms with Crippen LogP contribution in [0.4, 0.5) is 0 Å². The molecule has 2 rings (SSSR count). The number of piperidine rings is 1. The van der Waals surface area contributed by atoms with E-state index >= 15 is 0 Å². The van der Waals surface area contributed by atoms with Crippen LogP contribution < -0.4 is 5.73 Å². The van der Waals surface area contributed by atoms with E-state index in [1.807, 2.05) is 0 Å². The van der Waals surface area contributed by atoms with Crippen LogP contribution in [-0.2, 0) is 4.74 Å². The van der Waals surface area contributed by atoms with E-state index in [0.717, 1.165) is 19.3 Å². The molecule has 0 radical (unpaired) electrons. The molecule has 1 heterocycles. The number of nitrogens with zero attached hydrogens (tertiary/aromatic N) is 1. The standard InChI is InChI=1S/C15H22N2O4/c16-6-1-9-21-12-4-7-17(8-5-12)15(20)11-2-3-13(18)14(19)10-11/h2-3,10,12,18-19H,1,4-9,16H2. The summed E-state index contributed by atoms with van der Waals surface area (Å²) >= 11 is 0. The van der Waals surface area contributed by atoms with E-state index in [9.17, 15) is 15.0 Å². The third-order valence-electron chi connectivity index (χ3n) is 3.65. The van der Waals surface area contributed by atoms with Gasteiger partial charge in [0.25, 0.3) is 5.91 Å². The molecule has 1 aromatic carbocycles. The number of ether oxygens (including phenoxy) is 1. The summed E-state index contributed by atoms with van der Waals surface area (Å²) in [5.41, 5.74) is 5.80. The Kier molecular flexibility index (Phi) is 5.41. The van der Waals surface area contributed by atoms with Gasteiger partial charge >= 0.3 is 0 Å². The minimum absolute atomic E-state index is 0.134. The SMILES string of the molecule is NCCCOC1CCN(C(=O)c2ccc(O)c(O)c2)CC1. The first-order valence-electron chi connectivity index (χ1n) is 7.24. The van der Waals surface area contributed by atoms with E-state index in [1.165, 1.54) is 18.2 Å². The number of rotatable bonds is 5. The highest BCUT2D eigenvalue weighted by atomic mass is 16.5. The highest BCUT2D eigenvalue weighted by Crippen LogP contribution is 2.26. The Hall–Kier alpha value is -1.79. The van der Waals surface area contributed by atoms with Crippen LogP contribution in [0.1, 0.15) is 29.6 Å². The summed E-state index contributed by atoms with van der Waals surface area (Å²) in [5.74, 6) is -0.634. The molecule has 21 heavy (non-hydrogen) atoms. The van der Waals surface area contributed by atoms with Crippen molar-refractivity contribution < 1.29 is 19.7 Å². The second-order valence-corrected chi connectivity index (χ2v) is 5.21. The van der Waals surface area contributed by atoms with Gasteiger partial charge in [-0.2, -0.15) is 0 Å². The third kappa shape index (κ3) is 4.09. The van der Waals surface area contributed by atoms with E-state index in [2.05, 4.69) is 0 Å². The second kappa shape index (κ2) is 7.28. The molecule has 0 aromatic heterocycles. The Balaban J connectivity index is 1.86. The number of carbonyl (C=O) groups excluding carboxylic acids is 1. The molecule has 4 N–H and O–H groups in total. The molecule has 1 amide bonds. The van der Waals surface area contributed by atoms with Crippen molar-refractivity contribution in [2.24, 2.45) is 5.73 Å². The first-order chi connectivity index (χ1) is 10.1. The Bertz CT molecular complexity index is 485. The first kappa shape index (κ1) is 15.6. The van der Waals surface area contributed by atoms with E-state index in [-0.39, 0.29) is 23.5 Å². The van der Waals surface area contributed by atoms with Gasteiger partial charge < -0.3 is 25.6 Å². The lowest BCUT2D eigenvalue weighted by Crippen LogP contribution is -2.41. The summed E-state index contributed by atoms with van der Waals surface area (Å²) < 4.78 is 5.70. The minimum Gasteiger partial charge on any atom is -0.504 e. The van der Waals surface area contributed by atoms with Crippen LogP contribution in [-0.4, -0.2) is 53.4 Å². The average molecular weight is 294 g/mol. The van der Waals surface area contributed by atoms with Gasteiger partial charge in [0.2, 0.25) is 0 Å². The van der Waals surface area contributed by atoms with Crippen molar-refractivity contribution >= 4 is 5.91 Å². The number of hydrogen-bond donors (Lipinski definition) is 3. The minimum atomic E-state index is -0.277. The summed E-state index contributed by atoms with van der Waals surface area (Å²) in [7, 11) is 0. The maximum absolute atomic E-state index is 12.3. The van der Waals surface area contributed by atoms with Gasteiger partial charge in [0, 0.05) is 25.3 Å². The van der Waals surface area contributed by atoms with Crippen molar-refractivity contribution in [3.63, 3.8) is 0 Å². The fourth-order valence-corrected chi connectivity index (χ4v) is 2.40. The van der Waals surface area contributed by atoms with E-state index in [4.69, 9.17) is 10.5 Å². The van der Waals surface area contributed by atoms with Crippen LogP contribution in [0.15, 0.2) is 18.2 Å². The van der Waals surface area contributed by atoms with Gasteiger partial charge in [0.1, 0.15) is 0 Å². The lowest BCUT2D eigenvalue weighted by atomic mass is 10.1. The van der Waals surface area contributed by atoms with Crippen LogP contribution in [0.2, 0.25) is 0 Å². The number of carbonyl (C=O) groups is 1. The lowest BCUT2D eigenvalue weighted by Gasteiger charge is -2.32. The molecule has 1 fully saturated rings. The molecule has 1 aliphatic heterocycles. The molecule has 0 unspecified atom stereocenters. The van der Waals surface area contributed by atoms with Crippen LogP contribution in [0.5, 0.6) is 11.5 Å². The number of nitrogens with two attached hydrogens (primary N) is 1. The predicted octanol–water partition coefficient (Wildman–Crippen LogP) is 1.07. The number of amides is 1. The fraction of sp³-hybridized carbons (Fsp3) is 0.533. The van der Waals surface area contributed by atoms with Gasteiger partial charge in [-0.1, -0.05) is 0 Å². The molecule has 0 bridgehead atoms. The molecular formula is C15H22N2O4. The number of aromatic hydroxyl groups is 2. The largest absolute Gasteiger partial charge is 0.504 e. The molecule has 0 atom stereocenters. The van der Waals surface area contributed by atoms with Crippen molar-refractivity contribution in [3.05, 3.63) is 23.8 Å². The van der Waals surface area contributed by atoms with E-state index in [1.54, 1.807) is 4.90 Å². The van der Waals surface area contributed by atoms with Crippen molar-refractivity contribution in [3.8, 4) is 11.5 Å². The molecule has 1 aliphatic rings. The Morgan fingerprint density at radius 1 is 1.29 bits per heavy atom. The molecule has 1 aromatic rings. The molecular weight excluding hydrogens is 272 g/mol. The van der Waals surface area contributed by atoms with E-state index in [0.29, 0.717) is 31.8 Å². The summed E-state index contributed by atoms with van der Waals surface area (Å²) in [5, 5.41) is 18.7. The van der Waals surface area contributed by atoms with Crippen molar-refractivity contribution in [2.45, 2.75) is 25.4 Å². The van der Waals surface area contributed by atoms with Crippen LogP contribution in [0.25, 0.3) is 0 Å². The molecule has 0 saturated carbocycles. The molecule has 116 valence electrons. The number of likely N-dealkylation sites (tertiary alicyclic amines) is 1. The number of hydrogen-bond acceptors (Lipinski definition) is 5. The Labute approximate surface area is 124 Å². The van der Waals surface area contributed by atoms with Crippen molar-refractivity contribution in [1.29, 1.82) is 0 Å². The second-order valence-electron chi connectivity index (χ2n) is 5.21. The smallest absolute Gasteiger partial charge is 0.253 e. The summed E-state index contributed by atoms with van der Waals surface area (Å²) in [6.45, 7) is 2.56. The average Bonchev–Trinajstić information content (AvgIpc) is 2.50. The predicted molar refractivity (Wildman–Crippen MR) is 78.3 cm³/mol. The van der Waals surface area contributed by atoms with E-state index < -0.39 is 0 Å². The Morgan fingerprint density at radius 2 is 2.00 bits per heavy atom. The maximum Gasteiger partial charge on any atom is 0.253 e. The number of phenolic OH excluding ortho intramolecular Hbond substituents is 2. The monoisotopic (exact) mass is 294 g/mol. The summed E-state index contributed by atoms with van der Waals surface area (Å²) in [6, 6.07) is 4.13. The topological polar surface area (TPSA) is 96.0 Å². The van der Waals surface area contributed by atoms with Gasteiger partial charge in [-0.15, -0.1) is 0 Å². The fourth-order valence-electron chi connectivity index (χ4n) is 2.40. The first-order valence-corrected chi connectivity index (χ1v) is 7.24. The molecule has 1 saturated heterocycles. The molecule has 0 aliphatic carbocycles. The van der Waals surface area contributed by atoms with Crippen LogP contribution >= 0.6 is 0 Å². The van der Waals surface area contributed by atoms with Gasteiger partial charge in [0.05, 0.1) is 6.10 Å². The third-order valence-corrected chi connectivity index (χ3v) is 3.65. The van der Waals surface area contributed by atoms with Gasteiger partial charge in [-0.3, -0.25) is 4.79 Å². The zero-order valence-corrected chi connectivity index (χ0v) is 12.0. The van der Waals surface area contributed by atoms with Gasteiger partial charge in [-0.05, 0) is 44.0 Å². The zero-order chi connectivity index (χ0) is 15.2. The Morgan fingerprint density at radius 3 is 2.62 bits per heavy atom.